The van der Waals surface area contributed by atoms with Crippen molar-refractivity contribution >= 4 is 5.84 Å². The van der Waals surface area contributed by atoms with Crippen LogP contribution in [0.1, 0.15) is 49.4 Å². The summed E-state index contributed by atoms with van der Waals surface area (Å²) in [5.74, 6) is 1.11. The van der Waals surface area contributed by atoms with Gasteiger partial charge in [0.1, 0.15) is 5.84 Å². The van der Waals surface area contributed by atoms with Gasteiger partial charge in [0.05, 0.1) is 17.8 Å². The number of aromatic nitrogens is 1. The molecule has 0 saturated carbocycles. The molecule has 0 radical (unpaired) electrons. The van der Waals surface area contributed by atoms with Gasteiger partial charge in [-0.15, -0.1) is 0 Å². The fourth-order valence-corrected chi connectivity index (χ4v) is 4.76. The van der Waals surface area contributed by atoms with Crippen LogP contribution >= 0.6 is 0 Å². The third-order valence-electron chi connectivity index (χ3n) is 6.08. The van der Waals surface area contributed by atoms with Crippen LogP contribution in [0.5, 0.6) is 0 Å². The fraction of sp³-hybridized carbons (Fsp3) is 0.545. The highest BCUT2D eigenvalue weighted by Crippen LogP contribution is 2.38. The summed E-state index contributed by atoms with van der Waals surface area (Å²) >= 11 is 0. The van der Waals surface area contributed by atoms with Gasteiger partial charge in [-0.1, -0.05) is 12.1 Å². The first-order chi connectivity index (χ1) is 13.3. The van der Waals surface area contributed by atoms with E-state index in [4.69, 9.17) is 15.7 Å². The molecule has 2 N–H and O–H groups in total. The maximum Gasteiger partial charge on any atom is 0.127 e. The summed E-state index contributed by atoms with van der Waals surface area (Å²) in [5.41, 5.74) is 8.32. The number of fused-ring (bicyclic) bond motifs is 1. The Kier molecular flexibility index (Phi) is 5.69. The Hall–Kier alpha value is -1.98. The monoisotopic (exact) mass is 365 g/mol. The number of aryl methyl sites for hydroxylation is 1. The second kappa shape index (κ2) is 8.36. The standard InChI is InChI=1S/C22H31N5/c1-17-8-7-13-24-22(17)20-10-6-9-19(27(20)15-5-3-12-23)18-16-26-14-4-2-11-21(26)25-18/h2,4,7-8,11,13-14,18-20H,3,5-6,9-10,12,15-16,23H2,1H3/t18?,19-,20+/m1/s1. The van der Waals surface area contributed by atoms with Crippen LogP contribution in [-0.2, 0) is 0 Å². The van der Waals surface area contributed by atoms with Crippen molar-refractivity contribution in [2.75, 3.05) is 19.6 Å². The van der Waals surface area contributed by atoms with E-state index in [0.717, 1.165) is 38.3 Å². The van der Waals surface area contributed by atoms with Gasteiger partial charge in [0.15, 0.2) is 0 Å². The molecule has 1 saturated heterocycles. The molecule has 27 heavy (non-hydrogen) atoms. The number of amidine groups is 1. The lowest BCUT2D eigenvalue weighted by Crippen LogP contribution is -2.49. The van der Waals surface area contributed by atoms with Crippen LogP contribution in [0.2, 0.25) is 0 Å². The molecule has 3 aliphatic rings. The molecule has 1 aromatic rings. The molecule has 0 bridgehead atoms. The lowest BCUT2D eigenvalue weighted by Gasteiger charge is -2.44. The highest BCUT2D eigenvalue weighted by atomic mass is 15.3. The van der Waals surface area contributed by atoms with Crippen molar-refractivity contribution in [3.05, 3.63) is 54.0 Å². The fourth-order valence-electron chi connectivity index (χ4n) is 4.76. The van der Waals surface area contributed by atoms with Gasteiger partial charge in [0, 0.05) is 25.0 Å². The Bertz CT molecular complexity index is 738. The minimum absolute atomic E-state index is 0.331. The highest BCUT2D eigenvalue weighted by molar-refractivity contribution is 5.96. The minimum atomic E-state index is 0.331. The third kappa shape index (κ3) is 3.85. The van der Waals surface area contributed by atoms with E-state index in [0.29, 0.717) is 18.1 Å². The minimum Gasteiger partial charge on any atom is -0.331 e. The predicted molar refractivity (Wildman–Crippen MR) is 111 cm³/mol. The zero-order valence-corrected chi connectivity index (χ0v) is 16.3. The van der Waals surface area contributed by atoms with Crippen LogP contribution in [0, 0.1) is 6.92 Å². The maximum atomic E-state index is 5.78. The van der Waals surface area contributed by atoms with Crippen molar-refractivity contribution in [1.29, 1.82) is 0 Å². The van der Waals surface area contributed by atoms with Gasteiger partial charge in [0.2, 0.25) is 0 Å². The zero-order valence-electron chi connectivity index (χ0n) is 16.3. The van der Waals surface area contributed by atoms with Crippen molar-refractivity contribution in [1.82, 2.24) is 14.8 Å². The summed E-state index contributed by atoms with van der Waals surface area (Å²) in [6.45, 7) is 5.02. The molecule has 4 heterocycles. The Labute approximate surface area is 162 Å². The molecule has 0 spiro atoms. The predicted octanol–water partition coefficient (Wildman–Crippen LogP) is 3.19. The molecule has 3 aliphatic heterocycles. The number of allylic oxidation sites excluding steroid dienone is 2. The van der Waals surface area contributed by atoms with Crippen LogP contribution in [0.15, 0.2) is 47.7 Å². The number of aliphatic imine (C=N–C) groups is 1. The molecule has 0 amide bonds. The number of hydrogen-bond donors (Lipinski definition) is 1. The number of piperidine rings is 1. The van der Waals surface area contributed by atoms with E-state index in [1.807, 2.05) is 12.3 Å². The van der Waals surface area contributed by atoms with E-state index < -0.39 is 0 Å². The Morgan fingerprint density at radius 1 is 1.22 bits per heavy atom. The average molecular weight is 366 g/mol. The first kappa shape index (κ1) is 18.4. The topological polar surface area (TPSA) is 57.8 Å². The molecule has 1 aromatic heterocycles. The molecule has 5 nitrogen and oxygen atoms in total. The van der Waals surface area contributed by atoms with Gasteiger partial charge in [-0.2, -0.15) is 0 Å². The highest BCUT2D eigenvalue weighted by Gasteiger charge is 2.39. The summed E-state index contributed by atoms with van der Waals surface area (Å²) < 4.78 is 0. The lowest BCUT2D eigenvalue weighted by atomic mass is 9.88. The number of hydrogen-bond acceptors (Lipinski definition) is 5. The molecular formula is C22H31N5. The molecule has 144 valence electrons. The van der Waals surface area contributed by atoms with Crippen LogP contribution in [-0.4, -0.2) is 52.3 Å². The Balaban J connectivity index is 1.59. The van der Waals surface area contributed by atoms with Gasteiger partial charge >= 0.3 is 0 Å². The summed E-state index contributed by atoms with van der Waals surface area (Å²) in [6, 6.07) is 5.43. The average Bonchev–Trinajstić information content (AvgIpc) is 3.13. The quantitative estimate of drug-likeness (QED) is 0.787. The van der Waals surface area contributed by atoms with E-state index in [2.05, 4.69) is 47.2 Å². The second-order valence-electron chi connectivity index (χ2n) is 7.86. The van der Waals surface area contributed by atoms with Crippen molar-refractivity contribution < 1.29 is 0 Å². The number of nitrogens with zero attached hydrogens (tertiary/aromatic N) is 4. The van der Waals surface area contributed by atoms with Crippen molar-refractivity contribution in [2.24, 2.45) is 10.7 Å². The first-order valence-electron chi connectivity index (χ1n) is 10.3. The third-order valence-corrected chi connectivity index (χ3v) is 6.08. The van der Waals surface area contributed by atoms with Gasteiger partial charge in [-0.3, -0.25) is 14.9 Å². The molecule has 4 rings (SSSR count). The van der Waals surface area contributed by atoms with Crippen molar-refractivity contribution in [3.8, 4) is 0 Å². The van der Waals surface area contributed by atoms with E-state index in [1.54, 1.807) is 0 Å². The van der Waals surface area contributed by atoms with Crippen molar-refractivity contribution in [3.63, 3.8) is 0 Å². The molecular weight excluding hydrogens is 334 g/mol. The van der Waals surface area contributed by atoms with E-state index in [1.165, 1.54) is 30.5 Å². The lowest BCUT2D eigenvalue weighted by molar-refractivity contribution is 0.0627. The Morgan fingerprint density at radius 2 is 2.15 bits per heavy atom. The molecule has 3 atom stereocenters. The summed E-state index contributed by atoms with van der Waals surface area (Å²) in [5, 5.41) is 0. The molecule has 0 aromatic carbocycles. The van der Waals surface area contributed by atoms with Crippen LogP contribution in [0.25, 0.3) is 0 Å². The summed E-state index contributed by atoms with van der Waals surface area (Å²) in [4.78, 5) is 14.9. The van der Waals surface area contributed by atoms with Gasteiger partial charge in [0.25, 0.3) is 0 Å². The van der Waals surface area contributed by atoms with Crippen molar-refractivity contribution in [2.45, 2.75) is 57.2 Å². The molecule has 1 unspecified atom stereocenters. The normalized spacial score (nSPS) is 27.7. The summed E-state index contributed by atoms with van der Waals surface area (Å²) in [6.07, 6.45) is 16.3. The number of likely N-dealkylation sites (tertiary alicyclic amines) is 1. The molecule has 1 fully saturated rings. The number of unbranched alkanes of at least 4 members (excludes halogenated alkanes) is 1. The SMILES string of the molecule is Cc1cccnc1[C@@H]1CCC[C@H](C2CN3C=CC=CC3=N2)N1CCCCN. The maximum absolute atomic E-state index is 5.78. The number of nitrogens with two attached hydrogens (primary N) is 1. The van der Waals surface area contributed by atoms with Gasteiger partial charge in [-0.05, 0) is 75.9 Å². The molecule has 0 aliphatic carbocycles. The zero-order chi connectivity index (χ0) is 18.6. The first-order valence-corrected chi connectivity index (χ1v) is 10.3. The van der Waals surface area contributed by atoms with E-state index in [9.17, 15) is 0 Å². The molecule has 5 heteroatoms. The smallest absolute Gasteiger partial charge is 0.127 e. The van der Waals surface area contributed by atoms with Crippen LogP contribution < -0.4 is 5.73 Å². The summed E-state index contributed by atoms with van der Waals surface area (Å²) in [7, 11) is 0. The van der Waals surface area contributed by atoms with Gasteiger partial charge < -0.3 is 10.6 Å². The number of pyridine rings is 1. The van der Waals surface area contributed by atoms with Gasteiger partial charge in [-0.25, -0.2) is 0 Å². The van der Waals surface area contributed by atoms with E-state index in [-0.39, 0.29) is 0 Å². The largest absolute Gasteiger partial charge is 0.331 e. The number of rotatable bonds is 6. The second-order valence-corrected chi connectivity index (χ2v) is 7.86. The van der Waals surface area contributed by atoms with E-state index >= 15 is 0 Å². The van der Waals surface area contributed by atoms with Crippen LogP contribution in [0.3, 0.4) is 0 Å². The Morgan fingerprint density at radius 3 is 2.96 bits per heavy atom. The van der Waals surface area contributed by atoms with Crippen LogP contribution in [0.4, 0.5) is 0 Å².